The molecular weight excluding hydrogens is 191 g/mol. The molecule has 0 saturated carbocycles. The highest BCUT2D eigenvalue weighted by molar-refractivity contribution is 6.28. The van der Waals surface area contributed by atoms with Crippen LogP contribution in [0.25, 0.3) is 5.95 Å². The van der Waals surface area contributed by atoms with Gasteiger partial charge in [-0.3, -0.25) is 0 Å². The molecule has 0 saturated heterocycles. The Morgan fingerprint density at radius 1 is 1.40 bits per heavy atom. The first-order chi connectivity index (χ1) is 7.18. The Morgan fingerprint density at radius 3 is 2.67 bits per heavy atom. The molecule has 0 spiro atoms. The fourth-order valence-electron chi connectivity index (χ4n) is 1.18. The second-order valence-electron chi connectivity index (χ2n) is 3.08. The molecule has 15 heavy (non-hydrogen) atoms. The van der Waals surface area contributed by atoms with Crippen LogP contribution < -0.4 is 11.5 Å². The van der Waals surface area contributed by atoms with Crippen molar-refractivity contribution in [3.05, 3.63) is 24.3 Å². The predicted molar refractivity (Wildman–Crippen MR) is 54.9 cm³/mol. The zero-order chi connectivity index (χ0) is 10.8. The van der Waals surface area contributed by atoms with Gasteiger partial charge < -0.3 is 5.73 Å². The summed E-state index contributed by atoms with van der Waals surface area (Å²) >= 11 is 0. The zero-order valence-corrected chi connectivity index (χ0v) is 8.20. The summed E-state index contributed by atoms with van der Waals surface area (Å²) in [5, 5.41) is 3.98. The van der Waals surface area contributed by atoms with Crippen LogP contribution in [-0.4, -0.2) is 32.6 Å². The normalized spacial score (nSPS) is 12.7. The van der Waals surface area contributed by atoms with Gasteiger partial charge >= 0.3 is 0 Å². The number of nitrogens with zero attached hydrogens (tertiary/aromatic N) is 5. The Hall–Kier alpha value is -1.76. The molecule has 0 aliphatic rings. The molecular formula is C8H9BN6. The largest absolute Gasteiger partial charge is 0.322 e. The fourth-order valence-corrected chi connectivity index (χ4v) is 1.18. The van der Waals surface area contributed by atoms with Crippen molar-refractivity contribution in [1.82, 2.24) is 24.7 Å². The molecule has 0 amide bonds. The van der Waals surface area contributed by atoms with Gasteiger partial charge in [0.1, 0.15) is 0 Å². The minimum Gasteiger partial charge on any atom is -0.322 e. The maximum Gasteiger partial charge on any atom is 0.252 e. The van der Waals surface area contributed by atoms with Gasteiger partial charge in [-0.1, -0.05) is 0 Å². The molecule has 2 rings (SSSR count). The number of hydrogen-bond donors (Lipinski definition) is 1. The molecule has 7 heteroatoms. The first-order valence-corrected chi connectivity index (χ1v) is 4.44. The summed E-state index contributed by atoms with van der Waals surface area (Å²) in [5.74, 6) is 0.952. The second-order valence-corrected chi connectivity index (χ2v) is 3.08. The molecule has 2 heterocycles. The highest BCUT2D eigenvalue weighted by atomic mass is 15.4. The van der Waals surface area contributed by atoms with Crippen LogP contribution in [0.5, 0.6) is 0 Å². The van der Waals surface area contributed by atoms with Crippen LogP contribution in [0.2, 0.25) is 0 Å². The third-order valence-corrected chi connectivity index (χ3v) is 1.80. The van der Waals surface area contributed by atoms with E-state index >= 15 is 0 Å². The smallest absolute Gasteiger partial charge is 0.252 e. The van der Waals surface area contributed by atoms with E-state index in [1.165, 1.54) is 4.68 Å². The Bertz CT molecular complexity index is 451. The van der Waals surface area contributed by atoms with E-state index in [1.54, 1.807) is 25.4 Å². The van der Waals surface area contributed by atoms with Gasteiger partial charge in [0.25, 0.3) is 5.95 Å². The number of aromatic nitrogens is 5. The molecule has 0 aliphatic heterocycles. The summed E-state index contributed by atoms with van der Waals surface area (Å²) in [6, 6.07) is 1.44. The minimum absolute atomic E-state index is 0.162. The van der Waals surface area contributed by atoms with Gasteiger partial charge in [0.15, 0.2) is 13.7 Å². The Kier molecular flexibility index (Phi) is 2.46. The quantitative estimate of drug-likeness (QED) is 0.620. The first kappa shape index (κ1) is 9.79. The van der Waals surface area contributed by atoms with Crippen LogP contribution in [-0.2, 0) is 0 Å². The molecule has 74 valence electrons. The molecule has 2 N–H and O–H groups in total. The lowest BCUT2D eigenvalue weighted by Crippen LogP contribution is -2.14. The van der Waals surface area contributed by atoms with Gasteiger partial charge in [-0.2, -0.15) is 9.78 Å². The zero-order valence-electron chi connectivity index (χ0n) is 8.20. The van der Waals surface area contributed by atoms with Crippen molar-refractivity contribution in [1.29, 1.82) is 0 Å². The van der Waals surface area contributed by atoms with Gasteiger partial charge in [0.2, 0.25) is 0 Å². The lowest BCUT2D eigenvalue weighted by Gasteiger charge is -2.05. The van der Waals surface area contributed by atoms with Gasteiger partial charge in [-0.05, 0) is 13.0 Å². The van der Waals surface area contributed by atoms with Crippen LogP contribution in [0.4, 0.5) is 0 Å². The summed E-state index contributed by atoms with van der Waals surface area (Å²) in [7, 11) is 5.50. The van der Waals surface area contributed by atoms with Crippen LogP contribution in [0.3, 0.4) is 0 Å². The van der Waals surface area contributed by atoms with Crippen LogP contribution in [0, 0.1) is 0 Å². The maximum absolute atomic E-state index is 5.73. The van der Waals surface area contributed by atoms with E-state index in [9.17, 15) is 0 Å². The topological polar surface area (TPSA) is 82.5 Å². The Balaban J connectivity index is 2.53. The molecule has 2 aromatic rings. The maximum atomic E-state index is 5.73. The molecule has 1 unspecified atom stereocenters. The minimum atomic E-state index is -0.279. The first-order valence-electron chi connectivity index (χ1n) is 4.44. The number of rotatable bonds is 2. The fraction of sp³-hybridized carbons (Fsp3) is 0.250. The van der Waals surface area contributed by atoms with Gasteiger partial charge in [0, 0.05) is 12.4 Å². The molecule has 1 atom stereocenters. The van der Waals surface area contributed by atoms with Crippen molar-refractivity contribution in [3.8, 4) is 5.95 Å². The van der Waals surface area contributed by atoms with Gasteiger partial charge in [-0.25, -0.2) is 15.0 Å². The van der Waals surface area contributed by atoms with E-state index in [0.717, 1.165) is 0 Å². The van der Waals surface area contributed by atoms with Crippen LogP contribution in [0.1, 0.15) is 18.8 Å². The van der Waals surface area contributed by atoms with Crippen molar-refractivity contribution >= 4 is 13.6 Å². The highest BCUT2D eigenvalue weighted by Crippen LogP contribution is 2.07. The van der Waals surface area contributed by atoms with Gasteiger partial charge in [0.05, 0.1) is 11.8 Å². The SMILES string of the molecule is [B]c1nc(C(C)N)n(-c2ncccn2)n1. The Labute approximate surface area is 88.0 Å². The third kappa shape index (κ3) is 1.87. The predicted octanol–water partition coefficient (Wildman–Crippen LogP) is -1.13. The summed E-state index contributed by atoms with van der Waals surface area (Å²) in [6.07, 6.45) is 3.23. The monoisotopic (exact) mass is 200 g/mol. The third-order valence-electron chi connectivity index (χ3n) is 1.80. The van der Waals surface area contributed by atoms with Crippen LogP contribution >= 0.6 is 0 Å². The lowest BCUT2D eigenvalue weighted by molar-refractivity contribution is 0.669. The molecule has 0 bridgehead atoms. The molecule has 6 nitrogen and oxygen atoms in total. The van der Waals surface area contributed by atoms with Gasteiger partial charge in [-0.15, -0.1) is 0 Å². The van der Waals surface area contributed by atoms with E-state index in [1.807, 2.05) is 0 Å². The molecule has 2 aromatic heterocycles. The summed E-state index contributed by atoms with van der Waals surface area (Å²) < 4.78 is 1.44. The van der Waals surface area contributed by atoms with E-state index in [4.69, 9.17) is 13.6 Å². The Morgan fingerprint density at radius 2 is 2.07 bits per heavy atom. The molecule has 0 aromatic carbocycles. The van der Waals surface area contributed by atoms with E-state index in [-0.39, 0.29) is 11.8 Å². The van der Waals surface area contributed by atoms with E-state index in [0.29, 0.717) is 11.8 Å². The number of nitrogens with two attached hydrogens (primary N) is 1. The molecule has 0 fully saturated rings. The van der Waals surface area contributed by atoms with Crippen molar-refractivity contribution in [2.75, 3.05) is 0 Å². The molecule has 2 radical (unpaired) electrons. The van der Waals surface area contributed by atoms with Crippen molar-refractivity contribution in [2.45, 2.75) is 13.0 Å². The summed E-state index contributed by atoms with van der Waals surface area (Å²) in [5.41, 5.74) is 5.89. The summed E-state index contributed by atoms with van der Waals surface area (Å²) in [4.78, 5) is 12.1. The number of hydrogen-bond acceptors (Lipinski definition) is 5. The summed E-state index contributed by atoms with van der Waals surface area (Å²) in [6.45, 7) is 1.79. The lowest BCUT2D eigenvalue weighted by atomic mass is 10.1. The second kappa shape index (κ2) is 3.78. The van der Waals surface area contributed by atoms with E-state index in [2.05, 4.69) is 20.1 Å². The highest BCUT2D eigenvalue weighted by Gasteiger charge is 2.13. The van der Waals surface area contributed by atoms with Crippen molar-refractivity contribution in [3.63, 3.8) is 0 Å². The standard InChI is InChI=1S/C8H9BN6/c1-5(10)6-13-7(9)14-15(6)8-11-3-2-4-12-8/h2-5H,10H2,1H3. The van der Waals surface area contributed by atoms with Crippen molar-refractivity contribution in [2.24, 2.45) is 5.73 Å². The average Bonchev–Trinajstić information content (AvgIpc) is 2.62. The average molecular weight is 200 g/mol. The van der Waals surface area contributed by atoms with Crippen molar-refractivity contribution < 1.29 is 0 Å². The molecule has 0 aliphatic carbocycles. The van der Waals surface area contributed by atoms with Crippen LogP contribution in [0.15, 0.2) is 18.5 Å². The van der Waals surface area contributed by atoms with E-state index < -0.39 is 0 Å².